The second-order valence-corrected chi connectivity index (χ2v) is 42.1. The maximum absolute atomic E-state index is 14.3. The SMILES string of the molecule is CCC(=O)Oc1cccc(Br)c1COc1cc(C)c(C)cc1C1CC1.CCC(=O)Oc1cccc(C)c1COc1cc(C)c(C)cc1C1CC1.CCC(=O)Oc1cccc(Cl)c1COc1cc(C)c(C)cc1C1CC1.CCC(=O)Oc1cccc(F)c1COc1cc(C)c(C)cc1C1CC1.CCC(=O)Oc1cccc(I)c1COc1cc(C)c(C)cc1C1CC1.CCC(=O)Oc1ccccc1COc1cc(C)c(C)cc1C1CC1. The van der Waals surface area contributed by atoms with Crippen LogP contribution in [0, 0.1) is 99.4 Å². The van der Waals surface area contributed by atoms with Gasteiger partial charge in [-0.3, -0.25) is 28.8 Å². The van der Waals surface area contributed by atoms with Crippen LogP contribution in [0.15, 0.2) is 193 Å². The molecule has 0 aliphatic heterocycles. The topological polar surface area (TPSA) is 213 Å². The molecule has 0 heterocycles. The van der Waals surface area contributed by atoms with Gasteiger partial charge in [0.25, 0.3) is 0 Å². The van der Waals surface area contributed by atoms with E-state index < -0.39 is 11.8 Å². The van der Waals surface area contributed by atoms with Crippen LogP contribution in [0.5, 0.6) is 69.0 Å². The molecule has 6 saturated carbocycles. The van der Waals surface area contributed by atoms with Crippen LogP contribution in [-0.2, 0) is 68.4 Å². The fourth-order valence-corrected chi connectivity index (χ4v) is 18.1. The van der Waals surface area contributed by atoms with Gasteiger partial charge in [-0.2, -0.15) is 0 Å². The van der Waals surface area contributed by atoms with Crippen LogP contribution >= 0.6 is 50.1 Å². The van der Waals surface area contributed by atoms with E-state index in [2.05, 4.69) is 181 Å². The highest BCUT2D eigenvalue weighted by atomic mass is 127. The summed E-state index contributed by atoms with van der Waals surface area (Å²) in [6.07, 6.45) is 16.6. The summed E-state index contributed by atoms with van der Waals surface area (Å²) in [7, 11) is 0. The van der Waals surface area contributed by atoms with Gasteiger partial charge in [0.05, 0.1) is 16.1 Å². The van der Waals surface area contributed by atoms with Crippen molar-refractivity contribution in [1.82, 2.24) is 0 Å². The van der Waals surface area contributed by atoms with Crippen molar-refractivity contribution >= 4 is 85.9 Å². The maximum Gasteiger partial charge on any atom is 0.310 e. The molecule has 12 aromatic rings. The van der Waals surface area contributed by atoms with Crippen molar-refractivity contribution in [3.63, 3.8) is 0 Å². The molecular formula is C127H142BrClFIO18. The van der Waals surface area contributed by atoms with Crippen molar-refractivity contribution < 1.29 is 90.0 Å². The Morgan fingerprint density at radius 3 is 0.832 bits per heavy atom. The van der Waals surface area contributed by atoms with Crippen LogP contribution in [0.3, 0.4) is 0 Å². The van der Waals surface area contributed by atoms with Gasteiger partial charge >= 0.3 is 35.8 Å². The van der Waals surface area contributed by atoms with Gasteiger partial charge in [-0.15, -0.1) is 0 Å². The predicted octanol–water partition coefficient (Wildman–Crippen LogP) is 32.9. The molecule has 0 spiro atoms. The van der Waals surface area contributed by atoms with E-state index in [9.17, 15) is 33.2 Å². The molecule has 22 heteroatoms. The summed E-state index contributed by atoms with van der Waals surface area (Å²) in [5, 5.41) is 0.540. The standard InChI is InChI=1S/C22H26O3.C21H23BrO3.C21H23ClO3.C21H23FO3.C21H23IO3.C21H24O3/c1-5-22(23)25-20-8-6-7-14(2)19(20)13-24-21-12-16(4)15(3)11-18(21)17-9-10-17;4*1-4-21(23)25-19-7-5-6-18(22)17(19)12-24-20-11-14(3)13(2)10-16(20)15-8-9-15;1-4-21(22)24-19-8-6-5-7-17(19)13-23-20-12-15(3)14(2)11-18(20)16-9-10-16/h6-8,11-12,17H,5,9-10,13H2,1-4H3;4*5-7,10-11,15H,4,8-9,12H2,1-3H3;5-8,11-12,16H,4,9-10,13H2,1-3H3. The Kier molecular flexibility index (Phi) is 41.2. The number of ether oxygens (including phenoxy) is 12. The van der Waals surface area contributed by atoms with E-state index in [4.69, 9.17) is 68.4 Å². The monoisotopic (exact) mass is 2210 g/mol. The normalized spacial score (nSPS) is 13.6. The van der Waals surface area contributed by atoms with Gasteiger partial charge in [0, 0.05) is 68.8 Å². The molecule has 6 aliphatic rings. The van der Waals surface area contributed by atoms with Gasteiger partial charge < -0.3 is 56.8 Å². The minimum absolute atomic E-state index is 0.0290. The Morgan fingerprint density at radius 1 is 0.262 bits per heavy atom. The van der Waals surface area contributed by atoms with E-state index in [1.54, 1.807) is 71.9 Å². The molecule has 6 aliphatic carbocycles. The number of halogens is 4. The zero-order valence-corrected chi connectivity index (χ0v) is 94.2. The number of esters is 6. The van der Waals surface area contributed by atoms with E-state index in [1.807, 2.05) is 92.7 Å². The van der Waals surface area contributed by atoms with E-state index in [1.165, 1.54) is 171 Å². The van der Waals surface area contributed by atoms with E-state index in [-0.39, 0.29) is 60.8 Å². The third kappa shape index (κ3) is 32.6. The minimum Gasteiger partial charge on any atom is -0.488 e. The molecule has 0 bridgehead atoms. The number of benzene rings is 12. The fraction of sp³-hybridized carbons (Fsp3) is 0.386. The predicted molar refractivity (Wildman–Crippen MR) is 598 cm³/mol. The summed E-state index contributed by atoms with van der Waals surface area (Å²) >= 11 is 12.1. The number of hydrogen-bond acceptors (Lipinski definition) is 18. The molecule has 0 unspecified atom stereocenters. The molecular weight excluding hydrogens is 2070 g/mol. The Labute approximate surface area is 906 Å². The molecule has 0 saturated heterocycles. The Bertz CT molecular complexity index is 6010. The van der Waals surface area contributed by atoms with Gasteiger partial charge in [-0.1, -0.05) is 160 Å². The number of carbonyl (C=O) groups is 6. The summed E-state index contributed by atoms with van der Waals surface area (Å²) in [5.41, 5.74) is 28.3. The van der Waals surface area contributed by atoms with Gasteiger partial charge in [0.1, 0.15) is 114 Å². The van der Waals surface area contributed by atoms with Crippen molar-refractivity contribution in [2.75, 3.05) is 0 Å². The molecule has 0 atom stereocenters. The number of rotatable bonds is 36. The van der Waals surface area contributed by atoms with Crippen molar-refractivity contribution in [2.45, 2.75) is 322 Å². The molecule has 149 heavy (non-hydrogen) atoms. The number of carbonyl (C=O) groups excluding carboxylic acids is 6. The first-order chi connectivity index (χ1) is 71.5. The van der Waals surface area contributed by atoms with Crippen molar-refractivity contribution in [3.05, 3.63) is 346 Å². The van der Waals surface area contributed by atoms with Crippen molar-refractivity contribution in [2.24, 2.45) is 0 Å². The van der Waals surface area contributed by atoms with E-state index in [0.29, 0.717) is 133 Å². The first-order valence-corrected chi connectivity index (χ1v) is 54.7. The van der Waals surface area contributed by atoms with Gasteiger partial charge in [0.2, 0.25) is 0 Å². The fourth-order valence-electron chi connectivity index (χ4n) is 16.8. The highest BCUT2D eigenvalue weighted by Crippen LogP contribution is 2.52. The summed E-state index contributed by atoms with van der Waals surface area (Å²) in [4.78, 5) is 69.8. The molecule has 18 rings (SSSR count). The molecule has 0 amide bonds. The maximum atomic E-state index is 14.3. The van der Waals surface area contributed by atoms with Crippen molar-refractivity contribution in [1.29, 1.82) is 0 Å². The lowest BCUT2D eigenvalue weighted by atomic mass is 10.0. The van der Waals surface area contributed by atoms with Crippen LogP contribution in [0.4, 0.5) is 4.39 Å². The summed E-state index contributed by atoms with van der Waals surface area (Å²) < 4.78 is 85.4. The Balaban J connectivity index is 0.000000149. The second-order valence-electron chi connectivity index (χ2n) is 39.7. The molecule has 12 aromatic carbocycles. The van der Waals surface area contributed by atoms with Crippen LogP contribution in [0.1, 0.15) is 332 Å². The average Bonchev–Trinajstić information content (AvgIpc) is 1.68. The first kappa shape index (κ1) is 114. The number of hydrogen-bond donors (Lipinski definition) is 0. The highest BCUT2D eigenvalue weighted by molar-refractivity contribution is 14.1. The summed E-state index contributed by atoms with van der Waals surface area (Å²) in [6.45, 7) is 39.9. The quantitative estimate of drug-likeness (QED) is 0.0203. The Hall–Kier alpha value is -12.3. The van der Waals surface area contributed by atoms with Crippen LogP contribution in [0.25, 0.3) is 0 Å². The third-order valence-electron chi connectivity index (χ3n) is 27.8. The second kappa shape index (κ2) is 53.9. The lowest BCUT2D eigenvalue weighted by molar-refractivity contribution is -0.135. The molecule has 0 aromatic heterocycles. The lowest BCUT2D eigenvalue weighted by Crippen LogP contribution is -2.10. The highest BCUT2D eigenvalue weighted by Gasteiger charge is 2.35. The summed E-state index contributed by atoms with van der Waals surface area (Å²) in [6, 6.07) is 60.5. The largest absolute Gasteiger partial charge is 0.488 e. The van der Waals surface area contributed by atoms with Gasteiger partial charge in [0.15, 0.2) is 0 Å². The smallest absolute Gasteiger partial charge is 0.310 e. The zero-order valence-electron chi connectivity index (χ0n) is 89.7. The van der Waals surface area contributed by atoms with E-state index in [0.717, 1.165) is 88.8 Å². The van der Waals surface area contributed by atoms with Gasteiger partial charge in [-0.05, 0) is 428 Å². The molecule has 18 nitrogen and oxygen atoms in total. The number of aryl methyl sites for hydroxylation is 13. The molecule has 0 N–H and O–H groups in total. The average molecular weight is 2220 g/mol. The molecule has 0 radical (unpaired) electrons. The first-order valence-electron chi connectivity index (χ1n) is 52.5. The third-order valence-corrected chi connectivity index (χ3v) is 29.9. The van der Waals surface area contributed by atoms with Crippen molar-refractivity contribution in [3.8, 4) is 69.0 Å². The van der Waals surface area contributed by atoms with Gasteiger partial charge in [-0.25, -0.2) is 4.39 Å². The molecule has 6 fully saturated rings. The summed E-state index contributed by atoms with van der Waals surface area (Å²) in [5.74, 6) is 10.1. The Morgan fingerprint density at radius 2 is 0.497 bits per heavy atom. The van der Waals surface area contributed by atoms with E-state index >= 15 is 0 Å². The molecule has 786 valence electrons. The van der Waals surface area contributed by atoms with Crippen LogP contribution in [0.2, 0.25) is 5.02 Å². The van der Waals surface area contributed by atoms with Crippen LogP contribution in [-0.4, -0.2) is 35.8 Å². The lowest BCUT2D eigenvalue weighted by Gasteiger charge is -2.17. The number of para-hydroxylation sites is 1. The zero-order chi connectivity index (χ0) is 107. The minimum atomic E-state index is -0.432. The van der Waals surface area contributed by atoms with Crippen LogP contribution < -0.4 is 56.8 Å².